The van der Waals surface area contributed by atoms with Crippen molar-refractivity contribution in [2.75, 3.05) is 25.0 Å². The number of aromatic nitrogens is 2. The van der Waals surface area contributed by atoms with Gasteiger partial charge in [-0.1, -0.05) is 18.3 Å². The average molecular weight is 284 g/mol. The second-order valence-corrected chi connectivity index (χ2v) is 6.27. The van der Waals surface area contributed by atoms with E-state index in [4.69, 9.17) is 0 Å². The van der Waals surface area contributed by atoms with E-state index >= 15 is 0 Å². The van der Waals surface area contributed by atoms with Crippen molar-refractivity contribution in [3.8, 4) is 0 Å². The number of nitrogens with zero attached hydrogens (tertiary/aromatic N) is 3. The summed E-state index contributed by atoms with van der Waals surface area (Å²) in [6.07, 6.45) is 2.78. The molecule has 1 aromatic rings. The van der Waals surface area contributed by atoms with Crippen molar-refractivity contribution in [1.29, 1.82) is 0 Å². The number of nitrogens with one attached hydrogen (secondary N) is 1. The first kappa shape index (κ1) is 14.2. The molecule has 0 radical (unpaired) electrons. The van der Waals surface area contributed by atoms with Crippen molar-refractivity contribution >= 4 is 22.5 Å². The molecule has 7 heteroatoms. The van der Waals surface area contributed by atoms with Gasteiger partial charge in [0.1, 0.15) is 5.01 Å². The van der Waals surface area contributed by atoms with Crippen molar-refractivity contribution in [2.24, 2.45) is 5.41 Å². The molecular formula is C12H20N4O2S. The Hall–Kier alpha value is -1.21. The van der Waals surface area contributed by atoms with Crippen molar-refractivity contribution in [1.82, 2.24) is 15.1 Å². The molecule has 106 valence electrons. The Balaban J connectivity index is 1.99. The molecule has 0 aromatic carbocycles. The molecule has 0 saturated carbocycles. The molecule has 0 spiro atoms. The largest absolute Gasteiger partial charge is 0.396 e. The Labute approximate surface area is 116 Å². The highest BCUT2D eigenvalue weighted by atomic mass is 32.1. The first-order chi connectivity index (χ1) is 9.08. The first-order valence-corrected chi connectivity index (χ1v) is 7.37. The normalized spacial score (nSPS) is 23.4. The van der Waals surface area contributed by atoms with E-state index in [9.17, 15) is 9.90 Å². The number of hydrogen-bond donors (Lipinski definition) is 2. The van der Waals surface area contributed by atoms with Crippen LogP contribution in [0, 0.1) is 12.3 Å². The van der Waals surface area contributed by atoms with E-state index in [1.807, 2.05) is 6.92 Å². The zero-order valence-electron chi connectivity index (χ0n) is 11.3. The van der Waals surface area contributed by atoms with Gasteiger partial charge in [-0.15, -0.1) is 10.2 Å². The number of likely N-dealkylation sites (tertiary alicyclic amines) is 1. The number of aliphatic hydroxyl groups excluding tert-OH is 1. The predicted octanol–water partition coefficient (Wildman–Crippen LogP) is 1.86. The van der Waals surface area contributed by atoms with E-state index in [1.165, 1.54) is 11.3 Å². The fraction of sp³-hybridized carbons (Fsp3) is 0.750. The highest BCUT2D eigenvalue weighted by Crippen LogP contribution is 2.33. The van der Waals surface area contributed by atoms with Gasteiger partial charge in [-0.25, -0.2) is 4.79 Å². The maximum atomic E-state index is 12.2. The summed E-state index contributed by atoms with van der Waals surface area (Å²) in [6, 6.07) is -0.151. The molecule has 1 fully saturated rings. The van der Waals surface area contributed by atoms with Gasteiger partial charge in [-0.3, -0.25) is 5.32 Å². The lowest BCUT2D eigenvalue weighted by atomic mass is 9.78. The summed E-state index contributed by atoms with van der Waals surface area (Å²) in [6.45, 7) is 5.37. The molecule has 2 heterocycles. The molecule has 0 unspecified atom stereocenters. The highest BCUT2D eigenvalue weighted by molar-refractivity contribution is 7.15. The molecule has 1 aliphatic rings. The van der Waals surface area contributed by atoms with Gasteiger partial charge in [-0.2, -0.15) is 0 Å². The third-order valence-corrected chi connectivity index (χ3v) is 4.53. The van der Waals surface area contributed by atoms with E-state index < -0.39 is 0 Å². The van der Waals surface area contributed by atoms with Crippen LogP contribution in [0.5, 0.6) is 0 Å². The van der Waals surface area contributed by atoms with Crippen molar-refractivity contribution in [3.63, 3.8) is 0 Å². The molecule has 1 aliphatic heterocycles. The van der Waals surface area contributed by atoms with Gasteiger partial charge < -0.3 is 10.0 Å². The molecule has 1 saturated heterocycles. The van der Waals surface area contributed by atoms with Gasteiger partial charge in [0, 0.05) is 18.5 Å². The molecular weight excluding hydrogens is 264 g/mol. The minimum atomic E-state index is -0.151. The highest BCUT2D eigenvalue weighted by Gasteiger charge is 2.35. The number of carbonyl (C=O) groups is 1. The number of aliphatic hydroxyl groups is 1. The van der Waals surface area contributed by atoms with Crippen LogP contribution in [0.15, 0.2) is 0 Å². The smallest absolute Gasteiger partial charge is 0.323 e. The van der Waals surface area contributed by atoms with Crippen LogP contribution in [0.25, 0.3) is 0 Å². The standard InChI is InChI=1S/C12H20N4O2S/c1-3-12(8-17)5-4-6-16(7-12)11(18)13-10-15-14-9(2)19-10/h17H,3-8H2,1-2H3,(H,13,15,18)/t12-/m0/s1. The Kier molecular flexibility index (Phi) is 4.36. The number of urea groups is 1. The lowest BCUT2D eigenvalue weighted by Gasteiger charge is -2.41. The number of aryl methyl sites for hydroxylation is 1. The van der Waals surface area contributed by atoms with Gasteiger partial charge in [0.25, 0.3) is 0 Å². The van der Waals surface area contributed by atoms with Gasteiger partial charge >= 0.3 is 6.03 Å². The summed E-state index contributed by atoms with van der Waals surface area (Å²) in [7, 11) is 0. The monoisotopic (exact) mass is 284 g/mol. The fourth-order valence-electron chi connectivity index (χ4n) is 2.43. The Morgan fingerprint density at radius 1 is 1.58 bits per heavy atom. The van der Waals surface area contributed by atoms with Crippen LogP contribution >= 0.6 is 11.3 Å². The topological polar surface area (TPSA) is 78.4 Å². The molecule has 19 heavy (non-hydrogen) atoms. The molecule has 6 nitrogen and oxygen atoms in total. The third kappa shape index (κ3) is 3.22. The summed E-state index contributed by atoms with van der Waals surface area (Å²) in [5, 5.41) is 21.4. The van der Waals surface area contributed by atoms with Gasteiger partial charge in [0.15, 0.2) is 0 Å². The summed E-state index contributed by atoms with van der Waals surface area (Å²) in [5.41, 5.74) is -0.146. The Morgan fingerprint density at radius 3 is 2.95 bits per heavy atom. The maximum absolute atomic E-state index is 12.2. The number of anilines is 1. The number of hydrogen-bond acceptors (Lipinski definition) is 5. The van der Waals surface area contributed by atoms with E-state index in [2.05, 4.69) is 22.4 Å². The molecule has 2 rings (SSSR count). The van der Waals surface area contributed by atoms with E-state index in [0.717, 1.165) is 30.8 Å². The zero-order valence-corrected chi connectivity index (χ0v) is 12.2. The van der Waals surface area contributed by atoms with E-state index in [-0.39, 0.29) is 18.1 Å². The first-order valence-electron chi connectivity index (χ1n) is 6.55. The van der Waals surface area contributed by atoms with E-state index in [1.54, 1.807) is 4.90 Å². The van der Waals surface area contributed by atoms with Gasteiger partial charge in [0.05, 0.1) is 6.61 Å². The average Bonchev–Trinajstić information content (AvgIpc) is 2.84. The molecule has 0 aliphatic carbocycles. The van der Waals surface area contributed by atoms with Crippen LogP contribution in [0.3, 0.4) is 0 Å². The summed E-state index contributed by atoms with van der Waals surface area (Å²) < 4.78 is 0. The van der Waals surface area contributed by atoms with Crippen LogP contribution in [-0.2, 0) is 0 Å². The van der Waals surface area contributed by atoms with Crippen LogP contribution in [0.1, 0.15) is 31.2 Å². The van der Waals surface area contributed by atoms with Crippen LogP contribution in [0.2, 0.25) is 0 Å². The van der Waals surface area contributed by atoms with E-state index in [0.29, 0.717) is 11.7 Å². The van der Waals surface area contributed by atoms with Crippen molar-refractivity contribution < 1.29 is 9.90 Å². The number of amides is 2. The second-order valence-electron chi connectivity index (χ2n) is 5.09. The van der Waals surface area contributed by atoms with Gasteiger partial charge in [-0.05, 0) is 26.2 Å². The van der Waals surface area contributed by atoms with Gasteiger partial charge in [0.2, 0.25) is 5.13 Å². The SMILES string of the molecule is CC[C@]1(CO)CCCN(C(=O)Nc2nnc(C)s2)C1. The minimum absolute atomic E-state index is 0.130. The van der Waals surface area contributed by atoms with Crippen molar-refractivity contribution in [2.45, 2.75) is 33.1 Å². The number of carbonyl (C=O) groups excluding carboxylic acids is 1. The maximum Gasteiger partial charge on any atom is 0.323 e. The predicted molar refractivity (Wildman–Crippen MR) is 74.3 cm³/mol. The molecule has 2 N–H and O–H groups in total. The minimum Gasteiger partial charge on any atom is -0.396 e. The quantitative estimate of drug-likeness (QED) is 0.888. The summed E-state index contributed by atoms with van der Waals surface area (Å²) in [4.78, 5) is 13.9. The number of piperidine rings is 1. The van der Waals surface area contributed by atoms with Crippen LogP contribution in [0.4, 0.5) is 9.93 Å². The summed E-state index contributed by atoms with van der Waals surface area (Å²) in [5.74, 6) is 0. The van der Waals surface area contributed by atoms with Crippen LogP contribution < -0.4 is 5.32 Å². The number of rotatable bonds is 3. The lowest BCUT2D eigenvalue weighted by molar-refractivity contribution is 0.0468. The van der Waals surface area contributed by atoms with Crippen LogP contribution in [-0.4, -0.2) is 45.9 Å². The lowest BCUT2D eigenvalue weighted by Crippen LogP contribution is -2.49. The molecule has 1 aromatic heterocycles. The Morgan fingerprint density at radius 2 is 2.37 bits per heavy atom. The summed E-state index contributed by atoms with van der Waals surface area (Å²) >= 11 is 1.36. The molecule has 2 amide bonds. The van der Waals surface area contributed by atoms with Crippen molar-refractivity contribution in [3.05, 3.63) is 5.01 Å². The molecule has 1 atom stereocenters. The third-order valence-electron chi connectivity index (χ3n) is 3.77. The fourth-order valence-corrected chi connectivity index (χ4v) is 3.01. The molecule has 0 bridgehead atoms. The zero-order chi connectivity index (χ0) is 13.9. The second kappa shape index (κ2) is 5.83. The Bertz CT molecular complexity index is 445.